The first kappa shape index (κ1) is 29.1. The molecule has 38 heavy (non-hydrogen) atoms. The molecule has 3 rings (SSSR count). The average molecular weight is 548 g/mol. The van der Waals surface area contributed by atoms with Gasteiger partial charge in [-0.25, -0.2) is 8.42 Å². The fourth-order valence-electron chi connectivity index (χ4n) is 3.88. The Labute approximate surface area is 224 Å². The van der Waals surface area contributed by atoms with E-state index in [1.165, 1.54) is 11.8 Å². The molecule has 10 nitrogen and oxygen atoms in total. The maximum absolute atomic E-state index is 13.8. The number of nitrogens with one attached hydrogen (secondary N) is 1. The summed E-state index contributed by atoms with van der Waals surface area (Å²) in [7, 11) is -2.28. The Bertz CT molecular complexity index is 1220. The molecular weight excluding hydrogens is 510 g/mol. The van der Waals surface area contributed by atoms with E-state index in [-0.39, 0.29) is 29.9 Å². The second-order valence-corrected chi connectivity index (χ2v) is 11.3. The van der Waals surface area contributed by atoms with E-state index in [1.807, 2.05) is 13.8 Å². The van der Waals surface area contributed by atoms with Crippen LogP contribution in [0.3, 0.4) is 0 Å². The standard InChI is InChI=1S/C27H37N3O7S/c1-6-19(3)28-27(32)20(4)29(17-21-8-11-23(35-5)12-9-21)26(31)18-30(38(33,34)7-2)22-10-13-24-25(16-22)37-15-14-36-24/h8-13,16,19-20H,6-7,14-15,17-18H2,1-5H3,(H,28,32)/t19-,20-/m0/s1. The third-order valence-electron chi connectivity index (χ3n) is 6.47. The zero-order valence-electron chi connectivity index (χ0n) is 22.6. The van der Waals surface area contributed by atoms with Gasteiger partial charge in [0.15, 0.2) is 11.5 Å². The van der Waals surface area contributed by atoms with Gasteiger partial charge in [0.25, 0.3) is 0 Å². The lowest BCUT2D eigenvalue weighted by atomic mass is 10.1. The Morgan fingerprint density at radius 1 is 1.03 bits per heavy atom. The Balaban J connectivity index is 1.94. The Hall–Kier alpha value is -3.47. The van der Waals surface area contributed by atoms with Crippen molar-refractivity contribution < 1.29 is 32.2 Å². The highest BCUT2D eigenvalue weighted by molar-refractivity contribution is 7.92. The number of anilines is 1. The summed E-state index contributed by atoms with van der Waals surface area (Å²) in [6, 6.07) is 11.0. The maximum atomic E-state index is 13.8. The molecule has 2 atom stereocenters. The van der Waals surface area contributed by atoms with Gasteiger partial charge >= 0.3 is 0 Å². The van der Waals surface area contributed by atoms with Crippen molar-refractivity contribution in [2.45, 2.75) is 52.7 Å². The van der Waals surface area contributed by atoms with Crippen molar-refractivity contribution in [3.05, 3.63) is 48.0 Å². The summed E-state index contributed by atoms with van der Waals surface area (Å²) in [5.41, 5.74) is 1.05. The lowest BCUT2D eigenvalue weighted by Gasteiger charge is -2.32. The van der Waals surface area contributed by atoms with E-state index in [1.54, 1.807) is 56.5 Å². The van der Waals surface area contributed by atoms with E-state index < -0.39 is 28.5 Å². The number of carbonyl (C=O) groups excluding carboxylic acids is 2. The number of benzene rings is 2. The number of hydrogen-bond acceptors (Lipinski definition) is 7. The van der Waals surface area contributed by atoms with Gasteiger partial charge in [-0.3, -0.25) is 13.9 Å². The van der Waals surface area contributed by atoms with Crippen LogP contribution in [0.15, 0.2) is 42.5 Å². The molecule has 2 amide bonds. The monoisotopic (exact) mass is 547 g/mol. The molecule has 1 aliphatic rings. The average Bonchev–Trinajstić information content (AvgIpc) is 2.93. The summed E-state index contributed by atoms with van der Waals surface area (Å²) in [5, 5.41) is 2.91. The van der Waals surface area contributed by atoms with Crippen molar-refractivity contribution in [1.82, 2.24) is 10.2 Å². The molecule has 2 aromatic carbocycles. The van der Waals surface area contributed by atoms with Crippen molar-refractivity contribution in [3.8, 4) is 17.2 Å². The number of methoxy groups -OCH3 is 1. The number of fused-ring (bicyclic) bond motifs is 1. The molecule has 0 saturated carbocycles. The van der Waals surface area contributed by atoms with Crippen LogP contribution in [0.25, 0.3) is 0 Å². The number of nitrogens with zero attached hydrogens (tertiary/aromatic N) is 2. The summed E-state index contributed by atoms with van der Waals surface area (Å²) >= 11 is 0. The van der Waals surface area contributed by atoms with Crippen molar-refractivity contribution in [2.75, 3.05) is 36.9 Å². The van der Waals surface area contributed by atoms with Gasteiger partial charge in [0, 0.05) is 18.7 Å². The van der Waals surface area contributed by atoms with E-state index in [4.69, 9.17) is 14.2 Å². The summed E-state index contributed by atoms with van der Waals surface area (Å²) in [4.78, 5) is 28.2. The first-order chi connectivity index (χ1) is 18.1. The van der Waals surface area contributed by atoms with E-state index in [0.717, 1.165) is 16.3 Å². The third kappa shape index (κ3) is 7.09. The summed E-state index contributed by atoms with van der Waals surface area (Å²) in [6.45, 7) is 7.37. The van der Waals surface area contributed by atoms with E-state index in [2.05, 4.69) is 5.32 Å². The van der Waals surface area contributed by atoms with Crippen LogP contribution in [0.2, 0.25) is 0 Å². The van der Waals surface area contributed by atoms with Gasteiger partial charge in [0.1, 0.15) is 31.5 Å². The normalized spacial score (nSPS) is 14.2. The molecular formula is C27H37N3O7S. The van der Waals surface area contributed by atoms with Gasteiger partial charge in [0.2, 0.25) is 21.8 Å². The molecule has 0 fully saturated rings. The van der Waals surface area contributed by atoms with E-state index in [0.29, 0.717) is 30.5 Å². The van der Waals surface area contributed by atoms with Gasteiger partial charge < -0.3 is 24.4 Å². The molecule has 0 spiro atoms. The number of sulfonamides is 1. The van der Waals surface area contributed by atoms with E-state index in [9.17, 15) is 18.0 Å². The number of hydrogen-bond donors (Lipinski definition) is 1. The number of ether oxygens (including phenoxy) is 3. The molecule has 1 heterocycles. The van der Waals surface area contributed by atoms with Gasteiger partial charge in [-0.15, -0.1) is 0 Å². The first-order valence-electron chi connectivity index (χ1n) is 12.7. The van der Waals surface area contributed by atoms with Crippen molar-refractivity contribution in [3.63, 3.8) is 0 Å². The molecule has 0 radical (unpaired) electrons. The third-order valence-corrected chi connectivity index (χ3v) is 8.21. The van der Waals surface area contributed by atoms with Gasteiger partial charge in [0.05, 0.1) is 18.6 Å². The van der Waals surface area contributed by atoms with E-state index >= 15 is 0 Å². The highest BCUT2D eigenvalue weighted by Crippen LogP contribution is 2.35. The van der Waals surface area contributed by atoms with Gasteiger partial charge in [-0.2, -0.15) is 0 Å². The molecule has 11 heteroatoms. The van der Waals surface area contributed by atoms with Crippen LogP contribution in [-0.4, -0.2) is 69.8 Å². The Morgan fingerprint density at radius 3 is 2.29 bits per heavy atom. The minimum Gasteiger partial charge on any atom is -0.497 e. The number of carbonyl (C=O) groups is 2. The van der Waals surface area contributed by atoms with Crippen molar-refractivity contribution in [2.24, 2.45) is 0 Å². The second kappa shape index (κ2) is 12.9. The highest BCUT2D eigenvalue weighted by Gasteiger charge is 2.32. The van der Waals surface area contributed by atoms with Crippen LogP contribution >= 0.6 is 0 Å². The van der Waals surface area contributed by atoms with Crippen LogP contribution in [0.5, 0.6) is 17.2 Å². The minimum atomic E-state index is -3.85. The summed E-state index contributed by atoms with van der Waals surface area (Å²) in [5.74, 6) is 0.542. The summed E-state index contributed by atoms with van der Waals surface area (Å²) < 4.78 is 43.7. The quantitative estimate of drug-likeness (QED) is 0.435. The fourth-order valence-corrected chi connectivity index (χ4v) is 4.94. The first-order valence-corrected chi connectivity index (χ1v) is 14.3. The molecule has 0 unspecified atom stereocenters. The highest BCUT2D eigenvalue weighted by atomic mass is 32.2. The van der Waals surface area contributed by atoms with Crippen LogP contribution in [-0.2, 0) is 26.2 Å². The molecule has 0 bridgehead atoms. The van der Waals surface area contributed by atoms with Crippen molar-refractivity contribution >= 4 is 27.5 Å². The predicted molar refractivity (Wildman–Crippen MR) is 145 cm³/mol. The molecule has 2 aromatic rings. The van der Waals surface area contributed by atoms with Crippen LogP contribution in [0.4, 0.5) is 5.69 Å². The zero-order chi connectivity index (χ0) is 27.9. The van der Waals surface area contributed by atoms with Crippen LogP contribution in [0.1, 0.15) is 39.7 Å². The van der Waals surface area contributed by atoms with Crippen molar-refractivity contribution in [1.29, 1.82) is 0 Å². The predicted octanol–water partition coefficient (Wildman–Crippen LogP) is 2.95. The maximum Gasteiger partial charge on any atom is 0.244 e. The molecule has 0 aromatic heterocycles. The lowest BCUT2D eigenvalue weighted by Crippen LogP contribution is -2.52. The minimum absolute atomic E-state index is 0.0717. The van der Waals surface area contributed by atoms with Gasteiger partial charge in [-0.1, -0.05) is 19.1 Å². The second-order valence-electron chi connectivity index (χ2n) is 9.10. The molecule has 0 aliphatic carbocycles. The fraction of sp³-hybridized carbons (Fsp3) is 0.481. The van der Waals surface area contributed by atoms with Gasteiger partial charge in [-0.05, 0) is 57.0 Å². The van der Waals surface area contributed by atoms with Crippen LogP contribution in [0, 0.1) is 0 Å². The lowest BCUT2D eigenvalue weighted by molar-refractivity contribution is -0.139. The molecule has 0 saturated heterocycles. The number of rotatable bonds is 12. The summed E-state index contributed by atoms with van der Waals surface area (Å²) in [6.07, 6.45) is 0.734. The van der Waals surface area contributed by atoms with Crippen LogP contribution < -0.4 is 23.8 Å². The molecule has 1 aliphatic heterocycles. The SMILES string of the molecule is CC[C@H](C)NC(=O)[C@H](C)N(Cc1ccc(OC)cc1)C(=O)CN(c1ccc2c(c1)OCCO2)S(=O)(=O)CC. The molecule has 1 N–H and O–H groups in total. The zero-order valence-corrected chi connectivity index (χ0v) is 23.4. The Kier molecular flexibility index (Phi) is 9.84. The topological polar surface area (TPSA) is 114 Å². The largest absolute Gasteiger partial charge is 0.497 e. The Morgan fingerprint density at radius 2 is 1.68 bits per heavy atom. The molecule has 208 valence electrons. The number of amides is 2. The smallest absolute Gasteiger partial charge is 0.244 e.